The van der Waals surface area contributed by atoms with Gasteiger partial charge < -0.3 is 11.1 Å². The molecule has 0 spiro atoms. The first-order valence-electron chi connectivity index (χ1n) is 5.95. The van der Waals surface area contributed by atoms with Gasteiger partial charge in [-0.05, 0) is 29.8 Å². The summed E-state index contributed by atoms with van der Waals surface area (Å²) in [4.78, 5) is 17.6. The number of aromatic nitrogens is 1. The summed E-state index contributed by atoms with van der Waals surface area (Å²) in [5.41, 5.74) is 7.26. The highest BCUT2D eigenvalue weighted by atomic mass is 16.2. The van der Waals surface area contributed by atoms with Gasteiger partial charge in [0.15, 0.2) is 0 Å². The molecule has 0 radical (unpaired) electrons. The SMILES string of the molecule is CN(C(=O)Nc1cccc(CN)c1)c1ccccn1. The van der Waals surface area contributed by atoms with Gasteiger partial charge in [0.25, 0.3) is 0 Å². The Labute approximate surface area is 112 Å². The number of nitrogens with two attached hydrogens (primary N) is 1. The molecule has 98 valence electrons. The zero-order valence-corrected chi connectivity index (χ0v) is 10.7. The Morgan fingerprint density at radius 1 is 1.32 bits per heavy atom. The van der Waals surface area contributed by atoms with Crippen LogP contribution in [0, 0.1) is 0 Å². The van der Waals surface area contributed by atoms with Gasteiger partial charge in [-0.15, -0.1) is 0 Å². The average Bonchev–Trinajstić information content (AvgIpc) is 2.47. The van der Waals surface area contributed by atoms with Crippen molar-refractivity contribution in [2.45, 2.75) is 6.54 Å². The molecule has 0 aliphatic rings. The molecule has 0 fully saturated rings. The van der Waals surface area contributed by atoms with E-state index in [2.05, 4.69) is 10.3 Å². The number of nitrogens with zero attached hydrogens (tertiary/aromatic N) is 2. The van der Waals surface area contributed by atoms with E-state index in [0.29, 0.717) is 12.4 Å². The van der Waals surface area contributed by atoms with Crippen LogP contribution >= 0.6 is 0 Å². The second-order valence-corrected chi connectivity index (χ2v) is 4.08. The average molecular weight is 256 g/mol. The highest BCUT2D eigenvalue weighted by Gasteiger charge is 2.11. The van der Waals surface area contributed by atoms with Crippen LogP contribution in [0.25, 0.3) is 0 Å². The number of benzene rings is 1. The maximum atomic E-state index is 12.1. The van der Waals surface area contributed by atoms with E-state index >= 15 is 0 Å². The highest BCUT2D eigenvalue weighted by Crippen LogP contribution is 2.13. The lowest BCUT2D eigenvalue weighted by molar-refractivity contribution is 0.258. The molecule has 0 unspecified atom stereocenters. The van der Waals surface area contributed by atoms with Gasteiger partial charge >= 0.3 is 6.03 Å². The molecule has 19 heavy (non-hydrogen) atoms. The molecule has 3 N–H and O–H groups in total. The minimum atomic E-state index is -0.243. The molecule has 0 aliphatic carbocycles. The maximum absolute atomic E-state index is 12.1. The number of carbonyl (C=O) groups is 1. The number of rotatable bonds is 3. The molecular weight excluding hydrogens is 240 g/mol. The summed E-state index contributed by atoms with van der Waals surface area (Å²) in [6.45, 7) is 0.444. The van der Waals surface area contributed by atoms with Crippen molar-refractivity contribution in [2.75, 3.05) is 17.3 Å². The predicted octanol–water partition coefficient (Wildman–Crippen LogP) is 2.21. The number of urea groups is 1. The Morgan fingerprint density at radius 2 is 2.16 bits per heavy atom. The van der Waals surface area contributed by atoms with Gasteiger partial charge in [0.2, 0.25) is 0 Å². The van der Waals surface area contributed by atoms with E-state index in [1.54, 1.807) is 25.4 Å². The summed E-state index contributed by atoms with van der Waals surface area (Å²) in [5.74, 6) is 0.593. The molecule has 0 aliphatic heterocycles. The lowest BCUT2D eigenvalue weighted by Crippen LogP contribution is -2.31. The number of pyridine rings is 1. The fourth-order valence-electron chi connectivity index (χ4n) is 1.64. The first-order valence-corrected chi connectivity index (χ1v) is 5.95. The summed E-state index contributed by atoms with van der Waals surface area (Å²) in [7, 11) is 1.67. The lowest BCUT2D eigenvalue weighted by atomic mass is 10.2. The van der Waals surface area contributed by atoms with Crippen molar-refractivity contribution in [1.82, 2.24) is 4.98 Å². The van der Waals surface area contributed by atoms with E-state index < -0.39 is 0 Å². The quantitative estimate of drug-likeness (QED) is 0.884. The fraction of sp³-hybridized carbons (Fsp3) is 0.143. The number of anilines is 2. The van der Waals surface area contributed by atoms with Gasteiger partial charge in [0, 0.05) is 25.5 Å². The third-order valence-electron chi connectivity index (χ3n) is 2.71. The smallest absolute Gasteiger partial charge is 0.326 e. The van der Waals surface area contributed by atoms with Gasteiger partial charge in [-0.25, -0.2) is 9.78 Å². The van der Waals surface area contributed by atoms with Crippen molar-refractivity contribution in [3.63, 3.8) is 0 Å². The van der Waals surface area contributed by atoms with Gasteiger partial charge in [-0.3, -0.25) is 4.90 Å². The Balaban J connectivity index is 2.08. The molecule has 2 amide bonds. The highest BCUT2D eigenvalue weighted by molar-refractivity contribution is 6.00. The summed E-state index contributed by atoms with van der Waals surface area (Å²) < 4.78 is 0. The molecule has 0 atom stereocenters. The van der Waals surface area contributed by atoms with Crippen molar-refractivity contribution in [3.05, 3.63) is 54.2 Å². The molecule has 0 bridgehead atoms. The normalized spacial score (nSPS) is 10.0. The number of carbonyl (C=O) groups excluding carboxylic acids is 1. The summed E-state index contributed by atoms with van der Waals surface area (Å²) >= 11 is 0. The van der Waals surface area contributed by atoms with E-state index in [1.165, 1.54) is 4.90 Å². The minimum absolute atomic E-state index is 0.243. The largest absolute Gasteiger partial charge is 0.327 e. The van der Waals surface area contributed by atoms with Crippen LogP contribution in [-0.4, -0.2) is 18.1 Å². The molecule has 0 saturated carbocycles. The number of nitrogens with one attached hydrogen (secondary N) is 1. The van der Waals surface area contributed by atoms with Crippen molar-refractivity contribution in [1.29, 1.82) is 0 Å². The van der Waals surface area contributed by atoms with E-state index in [4.69, 9.17) is 5.73 Å². The summed E-state index contributed by atoms with van der Waals surface area (Å²) in [6.07, 6.45) is 1.65. The van der Waals surface area contributed by atoms with Crippen LogP contribution in [0.2, 0.25) is 0 Å². The van der Waals surface area contributed by atoms with Gasteiger partial charge in [0.05, 0.1) is 0 Å². The van der Waals surface area contributed by atoms with Crippen molar-refractivity contribution in [2.24, 2.45) is 5.73 Å². The number of hydrogen-bond donors (Lipinski definition) is 2. The van der Waals surface area contributed by atoms with Crippen LogP contribution in [0.15, 0.2) is 48.7 Å². The summed E-state index contributed by atoms with van der Waals surface area (Å²) in [5, 5.41) is 2.81. The number of hydrogen-bond acceptors (Lipinski definition) is 3. The third kappa shape index (κ3) is 3.29. The van der Waals surface area contributed by atoms with Gasteiger partial charge in [0.1, 0.15) is 5.82 Å². The van der Waals surface area contributed by atoms with Crippen molar-refractivity contribution < 1.29 is 4.79 Å². The summed E-state index contributed by atoms with van der Waals surface area (Å²) in [6, 6.07) is 12.6. The second-order valence-electron chi connectivity index (χ2n) is 4.08. The zero-order valence-electron chi connectivity index (χ0n) is 10.7. The van der Waals surface area contributed by atoms with E-state index in [9.17, 15) is 4.79 Å². The monoisotopic (exact) mass is 256 g/mol. The van der Waals surface area contributed by atoms with Crippen LogP contribution in [0.4, 0.5) is 16.3 Å². The first kappa shape index (κ1) is 13.0. The third-order valence-corrected chi connectivity index (χ3v) is 2.71. The molecule has 2 rings (SSSR count). The van der Waals surface area contributed by atoms with E-state index in [-0.39, 0.29) is 6.03 Å². The standard InChI is InChI=1S/C14H16N4O/c1-18(13-7-2-3-8-16-13)14(19)17-12-6-4-5-11(9-12)10-15/h2-9H,10,15H2,1H3,(H,17,19). The van der Waals surface area contributed by atoms with Crippen molar-refractivity contribution >= 4 is 17.5 Å². The maximum Gasteiger partial charge on any atom is 0.327 e. The van der Waals surface area contributed by atoms with Crippen LogP contribution < -0.4 is 16.0 Å². The van der Waals surface area contributed by atoms with Crippen LogP contribution in [0.1, 0.15) is 5.56 Å². The van der Waals surface area contributed by atoms with E-state index in [0.717, 1.165) is 11.3 Å². The topological polar surface area (TPSA) is 71.2 Å². The molecule has 0 saturated heterocycles. The van der Waals surface area contributed by atoms with Crippen LogP contribution in [-0.2, 0) is 6.54 Å². The van der Waals surface area contributed by atoms with Gasteiger partial charge in [-0.2, -0.15) is 0 Å². The fourth-order valence-corrected chi connectivity index (χ4v) is 1.64. The zero-order chi connectivity index (χ0) is 13.7. The number of amides is 2. The molecule has 2 aromatic rings. The van der Waals surface area contributed by atoms with Gasteiger partial charge in [-0.1, -0.05) is 18.2 Å². The van der Waals surface area contributed by atoms with E-state index in [1.807, 2.05) is 30.3 Å². The molecule has 1 aromatic carbocycles. The Kier molecular flexibility index (Phi) is 4.10. The molecule has 1 aromatic heterocycles. The van der Waals surface area contributed by atoms with Crippen LogP contribution in [0.5, 0.6) is 0 Å². The first-order chi connectivity index (χ1) is 9.20. The Hall–Kier alpha value is -2.40. The minimum Gasteiger partial charge on any atom is -0.326 e. The van der Waals surface area contributed by atoms with Crippen LogP contribution in [0.3, 0.4) is 0 Å². The Morgan fingerprint density at radius 3 is 2.84 bits per heavy atom. The molecule has 1 heterocycles. The van der Waals surface area contributed by atoms with Crippen molar-refractivity contribution in [3.8, 4) is 0 Å². The second kappa shape index (κ2) is 5.97. The molecule has 5 nitrogen and oxygen atoms in total. The molecule has 5 heteroatoms. The predicted molar refractivity (Wildman–Crippen MR) is 76.0 cm³/mol. The lowest BCUT2D eigenvalue weighted by Gasteiger charge is -2.17. The molecular formula is C14H16N4O. The Bertz CT molecular complexity index is 556.